The van der Waals surface area contributed by atoms with E-state index < -0.39 is 0 Å². The Labute approximate surface area is 159 Å². The molecule has 4 rings (SSSR count). The lowest BCUT2D eigenvalue weighted by Crippen LogP contribution is -1.96. The summed E-state index contributed by atoms with van der Waals surface area (Å²) in [6.45, 7) is 0. The first-order chi connectivity index (χ1) is 13.7. The van der Waals surface area contributed by atoms with Crippen molar-refractivity contribution in [3.63, 3.8) is 0 Å². The van der Waals surface area contributed by atoms with Crippen molar-refractivity contribution in [3.8, 4) is 51.8 Å². The van der Waals surface area contributed by atoms with E-state index in [0.29, 0.717) is 34.5 Å². The van der Waals surface area contributed by atoms with Gasteiger partial charge in [0.15, 0.2) is 11.5 Å². The minimum absolute atomic E-state index is 0.110. The van der Waals surface area contributed by atoms with E-state index in [2.05, 4.69) is 20.3 Å². The maximum Gasteiger partial charge on any atom is 0.316 e. The number of benzene rings is 2. The second-order valence-electron chi connectivity index (χ2n) is 5.63. The van der Waals surface area contributed by atoms with Gasteiger partial charge in [0, 0.05) is 11.1 Å². The van der Waals surface area contributed by atoms with Crippen molar-refractivity contribution < 1.29 is 23.3 Å². The van der Waals surface area contributed by atoms with Crippen molar-refractivity contribution in [2.45, 2.75) is 0 Å². The standard InChI is InChI=1S/C19H16N4O5/c1-24-13-9-12(10-14(25-2)15(13)26-3)17-21-19(28-23-17)18-20-16(22-27-18)11-7-5-4-6-8-11/h4-10H,1-3H3. The van der Waals surface area contributed by atoms with Gasteiger partial charge in [-0.1, -0.05) is 40.6 Å². The first kappa shape index (κ1) is 17.5. The van der Waals surface area contributed by atoms with Gasteiger partial charge in [0.05, 0.1) is 21.3 Å². The molecule has 0 radical (unpaired) electrons. The van der Waals surface area contributed by atoms with Gasteiger partial charge in [-0.15, -0.1) is 0 Å². The van der Waals surface area contributed by atoms with Gasteiger partial charge in [0.1, 0.15) is 0 Å². The van der Waals surface area contributed by atoms with Gasteiger partial charge in [0.25, 0.3) is 0 Å². The minimum atomic E-state index is 0.110. The normalized spacial score (nSPS) is 10.7. The van der Waals surface area contributed by atoms with Crippen LogP contribution >= 0.6 is 0 Å². The van der Waals surface area contributed by atoms with E-state index in [1.54, 1.807) is 12.1 Å². The van der Waals surface area contributed by atoms with Crippen molar-refractivity contribution in [1.82, 2.24) is 20.3 Å². The van der Waals surface area contributed by atoms with E-state index in [1.165, 1.54) is 21.3 Å². The molecule has 9 nitrogen and oxygen atoms in total. The summed E-state index contributed by atoms with van der Waals surface area (Å²) in [5.41, 5.74) is 1.44. The fourth-order valence-electron chi connectivity index (χ4n) is 2.65. The van der Waals surface area contributed by atoms with Crippen LogP contribution in [0.2, 0.25) is 0 Å². The molecule has 0 aliphatic heterocycles. The van der Waals surface area contributed by atoms with Crippen LogP contribution in [0.1, 0.15) is 0 Å². The fraction of sp³-hybridized carbons (Fsp3) is 0.158. The zero-order chi connectivity index (χ0) is 19.5. The topological polar surface area (TPSA) is 106 Å². The van der Waals surface area contributed by atoms with E-state index in [0.717, 1.165) is 5.56 Å². The van der Waals surface area contributed by atoms with Crippen LogP contribution in [0.15, 0.2) is 51.5 Å². The van der Waals surface area contributed by atoms with Gasteiger partial charge in [-0.3, -0.25) is 0 Å². The van der Waals surface area contributed by atoms with Crippen molar-refractivity contribution in [1.29, 1.82) is 0 Å². The quantitative estimate of drug-likeness (QED) is 0.497. The molecule has 0 saturated carbocycles. The Bertz CT molecular complexity index is 1070. The number of nitrogens with zero attached hydrogens (tertiary/aromatic N) is 4. The number of rotatable bonds is 6. The number of hydrogen-bond acceptors (Lipinski definition) is 9. The highest BCUT2D eigenvalue weighted by Crippen LogP contribution is 2.40. The second kappa shape index (κ2) is 7.39. The summed E-state index contributed by atoms with van der Waals surface area (Å²) >= 11 is 0. The van der Waals surface area contributed by atoms with Gasteiger partial charge in [-0.05, 0) is 12.1 Å². The predicted molar refractivity (Wildman–Crippen MR) is 98.1 cm³/mol. The Kier molecular flexibility index (Phi) is 4.63. The molecule has 28 heavy (non-hydrogen) atoms. The third-order valence-corrected chi connectivity index (χ3v) is 3.99. The molecule has 9 heteroatoms. The summed E-state index contributed by atoms with van der Waals surface area (Å²) in [6, 6.07) is 12.9. The number of hydrogen-bond donors (Lipinski definition) is 0. The third kappa shape index (κ3) is 3.13. The zero-order valence-electron chi connectivity index (χ0n) is 15.4. The highest BCUT2D eigenvalue weighted by molar-refractivity contribution is 5.67. The third-order valence-electron chi connectivity index (χ3n) is 3.99. The Morgan fingerprint density at radius 3 is 1.71 bits per heavy atom. The van der Waals surface area contributed by atoms with Crippen LogP contribution < -0.4 is 14.2 Å². The van der Waals surface area contributed by atoms with Crippen LogP contribution in [0.4, 0.5) is 0 Å². The highest BCUT2D eigenvalue weighted by Gasteiger charge is 2.20. The molecule has 2 aromatic carbocycles. The van der Waals surface area contributed by atoms with Crippen molar-refractivity contribution in [2.24, 2.45) is 0 Å². The molecule has 0 atom stereocenters. The van der Waals surface area contributed by atoms with Crippen LogP contribution in [0.25, 0.3) is 34.6 Å². The van der Waals surface area contributed by atoms with E-state index in [9.17, 15) is 0 Å². The maximum atomic E-state index is 5.35. The molecule has 142 valence electrons. The van der Waals surface area contributed by atoms with Gasteiger partial charge in [0.2, 0.25) is 17.4 Å². The van der Waals surface area contributed by atoms with Crippen molar-refractivity contribution in [3.05, 3.63) is 42.5 Å². The molecule has 0 amide bonds. The number of ether oxygens (including phenoxy) is 3. The van der Waals surface area contributed by atoms with Crippen molar-refractivity contribution in [2.75, 3.05) is 21.3 Å². The average molecular weight is 380 g/mol. The lowest BCUT2D eigenvalue weighted by molar-refractivity contribution is 0.324. The first-order valence-electron chi connectivity index (χ1n) is 8.27. The van der Waals surface area contributed by atoms with Gasteiger partial charge >= 0.3 is 11.8 Å². The molecule has 0 aliphatic carbocycles. The van der Waals surface area contributed by atoms with E-state index in [4.69, 9.17) is 23.3 Å². The fourth-order valence-corrected chi connectivity index (χ4v) is 2.65. The lowest BCUT2D eigenvalue weighted by Gasteiger charge is -2.12. The molecule has 0 spiro atoms. The highest BCUT2D eigenvalue weighted by atomic mass is 16.5. The summed E-state index contributed by atoms with van der Waals surface area (Å²) in [5.74, 6) is 2.42. The Hall–Kier alpha value is -3.88. The Morgan fingerprint density at radius 1 is 0.679 bits per heavy atom. The minimum Gasteiger partial charge on any atom is -0.493 e. The molecule has 0 saturated heterocycles. The van der Waals surface area contributed by atoms with E-state index in [1.807, 2.05) is 30.3 Å². The summed E-state index contributed by atoms with van der Waals surface area (Å²) in [5, 5.41) is 7.94. The molecule has 2 aromatic heterocycles. The van der Waals surface area contributed by atoms with Crippen molar-refractivity contribution >= 4 is 0 Å². The second-order valence-corrected chi connectivity index (χ2v) is 5.63. The molecule has 4 aromatic rings. The average Bonchev–Trinajstić information content (AvgIpc) is 3.43. The SMILES string of the molecule is COc1cc(-c2noc(-c3nc(-c4ccccc4)no3)n2)cc(OC)c1OC. The van der Waals surface area contributed by atoms with Gasteiger partial charge in [-0.25, -0.2) is 0 Å². The Balaban J connectivity index is 1.68. The van der Waals surface area contributed by atoms with Crippen LogP contribution in [0, 0.1) is 0 Å². The van der Waals surface area contributed by atoms with Gasteiger partial charge < -0.3 is 23.3 Å². The van der Waals surface area contributed by atoms with Crippen LogP contribution in [-0.4, -0.2) is 41.6 Å². The van der Waals surface area contributed by atoms with Crippen LogP contribution in [0.3, 0.4) is 0 Å². The molecule has 0 aliphatic rings. The molecule has 0 unspecified atom stereocenters. The number of methoxy groups -OCH3 is 3. The predicted octanol–water partition coefficient (Wildman–Crippen LogP) is 3.48. The first-order valence-corrected chi connectivity index (χ1v) is 8.27. The van der Waals surface area contributed by atoms with Crippen LogP contribution in [-0.2, 0) is 0 Å². The van der Waals surface area contributed by atoms with Gasteiger partial charge in [-0.2, -0.15) is 9.97 Å². The maximum absolute atomic E-state index is 5.35. The monoisotopic (exact) mass is 380 g/mol. The summed E-state index contributed by atoms with van der Waals surface area (Å²) in [6.07, 6.45) is 0. The zero-order valence-corrected chi connectivity index (χ0v) is 15.4. The Morgan fingerprint density at radius 2 is 1.21 bits per heavy atom. The molecular weight excluding hydrogens is 364 g/mol. The summed E-state index contributed by atoms with van der Waals surface area (Å²) in [7, 11) is 4.60. The summed E-state index contributed by atoms with van der Waals surface area (Å²) < 4.78 is 26.6. The van der Waals surface area contributed by atoms with E-state index in [-0.39, 0.29) is 11.8 Å². The number of aromatic nitrogens is 4. The molecular formula is C19H16N4O5. The molecule has 0 N–H and O–H groups in total. The molecule has 2 heterocycles. The van der Waals surface area contributed by atoms with E-state index >= 15 is 0 Å². The van der Waals surface area contributed by atoms with Crippen LogP contribution in [0.5, 0.6) is 17.2 Å². The lowest BCUT2D eigenvalue weighted by atomic mass is 10.1. The molecule has 0 bridgehead atoms. The smallest absolute Gasteiger partial charge is 0.316 e. The largest absolute Gasteiger partial charge is 0.493 e. The summed E-state index contributed by atoms with van der Waals surface area (Å²) in [4.78, 5) is 8.65. The molecule has 0 fully saturated rings.